The number of hydrogen-bond donors (Lipinski definition) is 1. The van der Waals surface area contributed by atoms with Gasteiger partial charge in [0.2, 0.25) is 5.91 Å². The van der Waals surface area contributed by atoms with Crippen LogP contribution in [0.3, 0.4) is 0 Å². The molecule has 1 aliphatic heterocycles. The van der Waals surface area contributed by atoms with Crippen molar-refractivity contribution in [2.45, 2.75) is 44.8 Å². The van der Waals surface area contributed by atoms with E-state index in [1.165, 1.54) is 0 Å². The van der Waals surface area contributed by atoms with Gasteiger partial charge in [-0.05, 0) is 38.0 Å². The third kappa shape index (κ3) is 2.96. The molecule has 2 N–H and O–H groups in total. The second-order valence-electron chi connectivity index (χ2n) is 5.21. The topological polar surface area (TPSA) is 46.3 Å². The maximum atomic E-state index is 12.2. The lowest BCUT2D eigenvalue weighted by atomic mass is 9.89. The minimum atomic E-state index is -0.0899. The Morgan fingerprint density at radius 3 is 2.74 bits per heavy atom. The summed E-state index contributed by atoms with van der Waals surface area (Å²) in [5.41, 5.74) is 7.29. The summed E-state index contributed by atoms with van der Waals surface area (Å²) in [5.74, 6) is 0.170. The van der Waals surface area contributed by atoms with Gasteiger partial charge in [0.1, 0.15) is 0 Å². The normalized spacial score (nSPS) is 24.1. The summed E-state index contributed by atoms with van der Waals surface area (Å²) >= 11 is 9.51. The molecule has 0 radical (unpaired) electrons. The molecular formula is C14H18BrClN2O. The number of hydrogen-bond acceptors (Lipinski definition) is 2. The molecule has 1 aromatic carbocycles. The Hall–Kier alpha value is -0.580. The highest BCUT2D eigenvalue weighted by molar-refractivity contribution is 9.10. The summed E-state index contributed by atoms with van der Waals surface area (Å²) in [6.45, 7) is 4.04. The number of carbonyl (C=O) groups excluding carboxylic acids is 1. The van der Waals surface area contributed by atoms with Crippen LogP contribution in [0.1, 0.15) is 38.3 Å². The number of nitrogens with two attached hydrogens (primary N) is 1. The molecule has 1 heterocycles. The maximum absolute atomic E-state index is 12.2. The maximum Gasteiger partial charge on any atom is 0.223 e. The van der Waals surface area contributed by atoms with Crippen LogP contribution < -0.4 is 5.73 Å². The van der Waals surface area contributed by atoms with Crippen LogP contribution in [0.5, 0.6) is 0 Å². The van der Waals surface area contributed by atoms with Gasteiger partial charge in [0.25, 0.3) is 0 Å². The molecular weight excluding hydrogens is 328 g/mol. The SMILES string of the molecule is CC(C)N1C(=O)CCC(N)C1c1ccc(Cl)cc1Br. The number of carbonyl (C=O) groups is 1. The Labute approximate surface area is 127 Å². The van der Waals surface area contributed by atoms with E-state index in [9.17, 15) is 4.79 Å². The standard InChI is InChI=1S/C14H18BrClN2O/c1-8(2)18-13(19)6-5-12(17)14(18)10-4-3-9(16)7-11(10)15/h3-4,7-8,12,14H,5-6,17H2,1-2H3. The van der Waals surface area contributed by atoms with Crippen molar-refractivity contribution in [3.05, 3.63) is 33.3 Å². The third-order valence-electron chi connectivity index (χ3n) is 3.52. The lowest BCUT2D eigenvalue weighted by Crippen LogP contribution is -2.51. The van der Waals surface area contributed by atoms with Crippen molar-refractivity contribution < 1.29 is 4.79 Å². The molecule has 5 heteroatoms. The van der Waals surface area contributed by atoms with Crippen molar-refractivity contribution in [3.8, 4) is 0 Å². The lowest BCUT2D eigenvalue weighted by molar-refractivity contribution is -0.139. The van der Waals surface area contributed by atoms with E-state index in [0.717, 1.165) is 16.5 Å². The van der Waals surface area contributed by atoms with Crippen LogP contribution in [0.15, 0.2) is 22.7 Å². The van der Waals surface area contributed by atoms with Crippen LogP contribution in [-0.2, 0) is 4.79 Å². The van der Waals surface area contributed by atoms with Gasteiger partial charge in [-0.3, -0.25) is 4.79 Å². The largest absolute Gasteiger partial charge is 0.332 e. The Balaban J connectivity index is 2.45. The van der Waals surface area contributed by atoms with E-state index >= 15 is 0 Å². The van der Waals surface area contributed by atoms with Gasteiger partial charge in [-0.1, -0.05) is 33.6 Å². The number of likely N-dealkylation sites (tertiary alicyclic amines) is 1. The summed E-state index contributed by atoms with van der Waals surface area (Å²) in [4.78, 5) is 14.1. The fourth-order valence-corrected chi connectivity index (χ4v) is 3.59. The smallest absolute Gasteiger partial charge is 0.223 e. The van der Waals surface area contributed by atoms with E-state index in [4.69, 9.17) is 17.3 Å². The highest BCUT2D eigenvalue weighted by atomic mass is 79.9. The molecule has 104 valence electrons. The van der Waals surface area contributed by atoms with Crippen LogP contribution in [0.25, 0.3) is 0 Å². The van der Waals surface area contributed by atoms with Gasteiger partial charge in [0.05, 0.1) is 6.04 Å². The van der Waals surface area contributed by atoms with Crippen LogP contribution in [0.4, 0.5) is 0 Å². The summed E-state index contributed by atoms with van der Waals surface area (Å²) in [6.07, 6.45) is 1.25. The molecule has 1 saturated heterocycles. The first-order valence-electron chi connectivity index (χ1n) is 6.43. The number of nitrogens with zero attached hydrogens (tertiary/aromatic N) is 1. The van der Waals surface area contributed by atoms with Crippen molar-refractivity contribution in [3.63, 3.8) is 0 Å². The first-order valence-corrected chi connectivity index (χ1v) is 7.60. The van der Waals surface area contributed by atoms with Crippen LogP contribution in [-0.4, -0.2) is 22.9 Å². The number of piperidine rings is 1. The fourth-order valence-electron chi connectivity index (χ4n) is 2.67. The average Bonchev–Trinajstić information content (AvgIpc) is 2.32. The number of halogens is 2. The van der Waals surface area contributed by atoms with E-state index < -0.39 is 0 Å². The van der Waals surface area contributed by atoms with E-state index in [2.05, 4.69) is 15.9 Å². The van der Waals surface area contributed by atoms with Crippen LogP contribution in [0, 0.1) is 0 Å². The number of rotatable bonds is 2. The first kappa shape index (κ1) is 14.8. The molecule has 1 amide bonds. The zero-order chi connectivity index (χ0) is 14.2. The average molecular weight is 346 g/mol. The molecule has 3 nitrogen and oxygen atoms in total. The van der Waals surface area contributed by atoms with Gasteiger partial charge in [0, 0.05) is 28.0 Å². The van der Waals surface area contributed by atoms with Gasteiger partial charge in [0.15, 0.2) is 0 Å². The lowest BCUT2D eigenvalue weighted by Gasteiger charge is -2.42. The Morgan fingerprint density at radius 1 is 1.47 bits per heavy atom. The van der Waals surface area contributed by atoms with Gasteiger partial charge in [-0.15, -0.1) is 0 Å². The molecule has 2 rings (SSSR count). The molecule has 1 aromatic rings. The number of amides is 1. The minimum absolute atomic E-state index is 0.0439. The van der Waals surface area contributed by atoms with E-state index in [1.807, 2.05) is 36.9 Å². The molecule has 19 heavy (non-hydrogen) atoms. The van der Waals surface area contributed by atoms with Crippen LogP contribution in [0.2, 0.25) is 5.02 Å². The Morgan fingerprint density at radius 2 is 2.16 bits per heavy atom. The molecule has 0 spiro atoms. The van der Waals surface area contributed by atoms with Crippen molar-refractivity contribution in [2.24, 2.45) is 5.73 Å². The zero-order valence-corrected chi connectivity index (χ0v) is 13.4. The molecule has 0 aromatic heterocycles. The predicted molar refractivity (Wildman–Crippen MR) is 81.1 cm³/mol. The Bertz CT molecular complexity index is 492. The second-order valence-corrected chi connectivity index (χ2v) is 6.50. The van der Waals surface area contributed by atoms with Crippen molar-refractivity contribution in [1.29, 1.82) is 0 Å². The minimum Gasteiger partial charge on any atom is -0.332 e. The molecule has 2 atom stereocenters. The number of benzene rings is 1. The summed E-state index contributed by atoms with van der Waals surface area (Å²) < 4.78 is 0.904. The third-order valence-corrected chi connectivity index (χ3v) is 4.44. The van der Waals surface area contributed by atoms with E-state index in [1.54, 1.807) is 0 Å². The second kappa shape index (κ2) is 5.81. The van der Waals surface area contributed by atoms with Gasteiger partial charge < -0.3 is 10.6 Å². The van der Waals surface area contributed by atoms with E-state index in [0.29, 0.717) is 11.4 Å². The highest BCUT2D eigenvalue weighted by Crippen LogP contribution is 2.37. The van der Waals surface area contributed by atoms with Crippen LogP contribution >= 0.6 is 27.5 Å². The van der Waals surface area contributed by atoms with Gasteiger partial charge >= 0.3 is 0 Å². The van der Waals surface area contributed by atoms with Crippen molar-refractivity contribution >= 4 is 33.4 Å². The van der Waals surface area contributed by atoms with Crippen molar-refractivity contribution in [1.82, 2.24) is 4.90 Å². The molecule has 0 aliphatic carbocycles. The van der Waals surface area contributed by atoms with Gasteiger partial charge in [-0.2, -0.15) is 0 Å². The molecule has 2 unspecified atom stereocenters. The first-order chi connectivity index (χ1) is 8.91. The van der Waals surface area contributed by atoms with E-state index in [-0.39, 0.29) is 24.0 Å². The van der Waals surface area contributed by atoms with Crippen molar-refractivity contribution in [2.75, 3.05) is 0 Å². The summed E-state index contributed by atoms with van der Waals surface area (Å²) in [6, 6.07) is 5.63. The Kier molecular flexibility index (Phi) is 4.54. The highest BCUT2D eigenvalue weighted by Gasteiger charge is 2.37. The summed E-state index contributed by atoms with van der Waals surface area (Å²) in [7, 11) is 0. The molecule has 1 aliphatic rings. The fraction of sp³-hybridized carbons (Fsp3) is 0.500. The predicted octanol–water partition coefficient (Wildman–Crippen LogP) is 3.50. The van der Waals surface area contributed by atoms with Gasteiger partial charge in [-0.25, -0.2) is 0 Å². The zero-order valence-electron chi connectivity index (χ0n) is 11.1. The monoisotopic (exact) mass is 344 g/mol. The molecule has 1 fully saturated rings. The summed E-state index contributed by atoms with van der Waals surface area (Å²) in [5, 5.41) is 0.669. The molecule has 0 saturated carbocycles. The molecule has 0 bridgehead atoms. The quantitative estimate of drug-likeness (QED) is 0.891.